The van der Waals surface area contributed by atoms with E-state index >= 15 is 0 Å². The Bertz CT molecular complexity index is 304. The average Bonchev–Trinajstić information content (AvgIpc) is 2.30. The van der Waals surface area contributed by atoms with Crippen LogP contribution in [0.2, 0.25) is 0 Å². The van der Waals surface area contributed by atoms with Crippen molar-refractivity contribution in [1.29, 1.82) is 0 Å². The van der Waals surface area contributed by atoms with Gasteiger partial charge in [-0.25, -0.2) is 9.59 Å². The predicted octanol–water partition coefficient (Wildman–Crippen LogP) is 0.348. The van der Waals surface area contributed by atoms with Gasteiger partial charge in [0.15, 0.2) is 0 Å². The van der Waals surface area contributed by atoms with E-state index in [1.54, 1.807) is 0 Å². The summed E-state index contributed by atoms with van der Waals surface area (Å²) in [7, 11) is 1.22. The van der Waals surface area contributed by atoms with Gasteiger partial charge < -0.3 is 20.5 Å². The van der Waals surface area contributed by atoms with Crippen LogP contribution in [0.4, 0.5) is 4.79 Å². The van der Waals surface area contributed by atoms with Crippen LogP contribution < -0.4 is 10.6 Å². The third kappa shape index (κ3) is 7.48. The molecule has 0 aliphatic heterocycles. The second-order valence-corrected chi connectivity index (χ2v) is 4.25. The van der Waals surface area contributed by atoms with Crippen LogP contribution in [0.25, 0.3) is 0 Å². The van der Waals surface area contributed by atoms with Crippen molar-refractivity contribution in [1.82, 2.24) is 10.6 Å². The van der Waals surface area contributed by atoms with E-state index < -0.39 is 24.0 Å². The van der Waals surface area contributed by atoms with Crippen LogP contribution in [0.1, 0.15) is 26.7 Å². The number of ether oxygens (including phenoxy) is 1. The highest BCUT2D eigenvalue weighted by molar-refractivity contribution is 5.83. The van der Waals surface area contributed by atoms with Gasteiger partial charge in [-0.1, -0.05) is 13.8 Å². The lowest BCUT2D eigenvalue weighted by Crippen LogP contribution is -2.47. The van der Waals surface area contributed by atoms with Crippen molar-refractivity contribution in [3.8, 4) is 0 Å². The van der Waals surface area contributed by atoms with Gasteiger partial charge in [0.05, 0.1) is 7.11 Å². The first-order valence-corrected chi connectivity index (χ1v) is 5.70. The Morgan fingerprint density at radius 1 is 1.28 bits per heavy atom. The fraction of sp³-hybridized carbons (Fsp3) is 0.727. The number of carbonyl (C=O) groups excluding carboxylic acids is 2. The fourth-order valence-corrected chi connectivity index (χ4v) is 1.13. The smallest absolute Gasteiger partial charge is 0.326 e. The molecule has 0 saturated heterocycles. The van der Waals surface area contributed by atoms with Crippen LogP contribution >= 0.6 is 0 Å². The molecule has 104 valence electrons. The molecule has 0 fully saturated rings. The minimum Gasteiger partial charge on any atom is -0.480 e. The van der Waals surface area contributed by atoms with E-state index in [0.29, 0.717) is 6.54 Å². The molecule has 0 aliphatic rings. The van der Waals surface area contributed by atoms with Gasteiger partial charge >= 0.3 is 18.0 Å². The van der Waals surface area contributed by atoms with E-state index in [-0.39, 0.29) is 18.8 Å². The molecule has 0 heterocycles. The van der Waals surface area contributed by atoms with Crippen molar-refractivity contribution < 1.29 is 24.2 Å². The number of hydrogen-bond acceptors (Lipinski definition) is 4. The summed E-state index contributed by atoms with van der Waals surface area (Å²) in [5.74, 6) is -1.42. The minimum absolute atomic E-state index is 0.00287. The molecule has 0 unspecified atom stereocenters. The van der Waals surface area contributed by atoms with Crippen molar-refractivity contribution in [2.75, 3.05) is 13.7 Å². The number of aliphatic carboxylic acids is 1. The number of rotatable bonds is 7. The molecule has 18 heavy (non-hydrogen) atoms. The molecule has 3 N–H and O–H groups in total. The van der Waals surface area contributed by atoms with Gasteiger partial charge in [-0.3, -0.25) is 4.79 Å². The Balaban J connectivity index is 4.15. The fourth-order valence-electron chi connectivity index (χ4n) is 1.13. The Kier molecular flexibility index (Phi) is 7.50. The zero-order valence-corrected chi connectivity index (χ0v) is 10.9. The molecule has 0 bridgehead atoms. The first-order chi connectivity index (χ1) is 8.36. The first-order valence-electron chi connectivity index (χ1n) is 5.70. The lowest BCUT2D eigenvalue weighted by atomic mass is 10.1. The summed E-state index contributed by atoms with van der Waals surface area (Å²) in [5.41, 5.74) is 0. The molecule has 0 rings (SSSR count). The van der Waals surface area contributed by atoms with Gasteiger partial charge in [-0.2, -0.15) is 0 Å². The van der Waals surface area contributed by atoms with Gasteiger partial charge in [-0.15, -0.1) is 0 Å². The molecule has 7 nitrogen and oxygen atoms in total. The zero-order chi connectivity index (χ0) is 14.1. The third-order valence-corrected chi connectivity index (χ3v) is 2.14. The minimum atomic E-state index is -1.18. The molecule has 0 radical (unpaired) electrons. The molecule has 0 spiro atoms. The number of methoxy groups -OCH3 is 1. The molecule has 7 heteroatoms. The van der Waals surface area contributed by atoms with Crippen molar-refractivity contribution >= 4 is 18.0 Å². The third-order valence-electron chi connectivity index (χ3n) is 2.14. The topological polar surface area (TPSA) is 105 Å². The first kappa shape index (κ1) is 16.2. The number of nitrogens with one attached hydrogen (secondary N) is 2. The van der Waals surface area contributed by atoms with Crippen molar-refractivity contribution in [2.24, 2.45) is 5.92 Å². The lowest BCUT2D eigenvalue weighted by Gasteiger charge is -2.15. The number of carboxylic acids is 1. The van der Waals surface area contributed by atoms with Crippen LogP contribution in [-0.4, -0.2) is 42.8 Å². The molecular formula is C11H20N2O5. The molecule has 1 atom stereocenters. The van der Waals surface area contributed by atoms with Crippen molar-refractivity contribution in [3.05, 3.63) is 0 Å². The summed E-state index contributed by atoms with van der Waals surface area (Å²) >= 11 is 0. The van der Waals surface area contributed by atoms with Gasteiger partial charge in [0.25, 0.3) is 0 Å². The van der Waals surface area contributed by atoms with Crippen LogP contribution in [0.15, 0.2) is 0 Å². The lowest BCUT2D eigenvalue weighted by molar-refractivity contribution is -0.142. The average molecular weight is 260 g/mol. The zero-order valence-electron chi connectivity index (χ0n) is 10.9. The van der Waals surface area contributed by atoms with E-state index in [1.165, 1.54) is 7.11 Å². The summed E-state index contributed by atoms with van der Waals surface area (Å²) in [6, 6.07) is -1.66. The van der Waals surface area contributed by atoms with E-state index in [2.05, 4.69) is 15.4 Å². The highest BCUT2D eigenvalue weighted by atomic mass is 16.5. The molecule has 0 saturated carbocycles. The summed E-state index contributed by atoms with van der Waals surface area (Å²) < 4.78 is 4.40. The summed E-state index contributed by atoms with van der Waals surface area (Å²) in [5, 5.41) is 13.7. The molecule has 0 aromatic rings. The van der Waals surface area contributed by atoms with Gasteiger partial charge in [-0.05, 0) is 12.3 Å². The molecule has 0 aromatic heterocycles. The van der Waals surface area contributed by atoms with E-state index in [4.69, 9.17) is 5.11 Å². The number of carbonyl (C=O) groups is 3. The Hall–Kier alpha value is -1.79. The van der Waals surface area contributed by atoms with E-state index in [0.717, 1.165) is 0 Å². The number of esters is 1. The molecular weight excluding hydrogens is 240 g/mol. The maximum Gasteiger partial charge on any atom is 0.326 e. The second-order valence-electron chi connectivity index (χ2n) is 4.25. The Labute approximate surface area is 106 Å². The number of hydrogen-bond donors (Lipinski definition) is 3. The highest BCUT2D eigenvalue weighted by Gasteiger charge is 2.21. The van der Waals surface area contributed by atoms with Crippen LogP contribution in [0.3, 0.4) is 0 Å². The largest absolute Gasteiger partial charge is 0.480 e. The van der Waals surface area contributed by atoms with Gasteiger partial charge in [0, 0.05) is 13.0 Å². The number of urea groups is 1. The summed E-state index contributed by atoms with van der Waals surface area (Å²) in [4.78, 5) is 33.2. The maximum absolute atomic E-state index is 11.4. The second kappa shape index (κ2) is 8.32. The predicted molar refractivity (Wildman–Crippen MR) is 64.0 cm³/mol. The van der Waals surface area contributed by atoms with Gasteiger partial charge in [0.2, 0.25) is 0 Å². The number of carboxylic acid groups (broad SMARTS) is 1. The number of amides is 2. The van der Waals surface area contributed by atoms with Crippen LogP contribution in [-0.2, 0) is 14.3 Å². The van der Waals surface area contributed by atoms with Crippen LogP contribution in [0, 0.1) is 5.92 Å². The molecule has 0 aliphatic carbocycles. The van der Waals surface area contributed by atoms with E-state index in [9.17, 15) is 14.4 Å². The SMILES string of the molecule is COC(=O)CC[C@@H](NC(=O)NCC(C)C)C(=O)O. The maximum atomic E-state index is 11.4. The van der Waals surface area contributed by atoms with Gasteiger partial charge in [0.1, 0.15) is 6.04 Å². The standard InChI is InChI=1S/C11H20N2O5/c1-7(2)6-12-11(17)13-8(10(15)16)4-5-9(14)18-3/h7-8H,4-6H2,1-3H3,(H,15,16)(H2,12,13,17)/t8-/m1/s1. The molecule has 0 aromatic carbocycles. The highest BCUT2D eigenvalue weighted by Crippen LogP contribution is 1.99. The van der Waals surface area contributed by atoms with Crippen molar-refractivity contribution in [3.63, 3.8) is 0 Å². The Morgan fingerprint density at radius 3 is 2.33 bits per heavy atom. The van der Waals surface area contributed by atoms with E-state index in [1.807, 2.05) is 13.8 Å². The normalized spacial score (nSPS) is 11.8. The quantitative estimate of drug-likeness (QED) is 0.573. The summed E-state index contributed by atoms with van der Waals surface area (Å²) in [6.07, 6.45) is -0.0605. The Morgan fingerprint density at radius 2 is 1.89 bits per heavy atom. The molecule has 2 amide bonds. The summed E-state index contributed by atoms with van der Waals surface area (Å²) in [6.45, 7) is 4.30. The monoisotopic (exact) mass is 260 g/mol. The van der Waals surface area contributed by atoms with Crippen molar-refractivity contribution in [2.45, 2.75) is 32.7 Å². The van der Waals surface area contributed by atoms with Crippen LogP contribution in [0.5, 0.6) is 0 Å².